The third-order valence-electron chi connectivity index (χ3n) is 5.53. The molecule has 2 saturated carbocycles. The van der Waals surface area contributed by atoms with E-state index in [0.717, 1.165) is 0 Å². The first kappa shape index (κ1) is 11.9. The predicted molar refractivity (Wildman–Crippen MR) is 73.6 cm³/mol. The van der Waals surface area contributed by atoms with Gasteiger partial charge in [0.15, 0.2) is 5.79 Å². The Kier molecular flexibility index (Phi) is 2.15. The lowest BCUT2D eigenvalue weighted by Gasteiger charge is -2.44. The van der Waals surface area contributed by atoms with Crippen LogP contribution < -0.4 is 0 Å². The molecule has 102 valence electrons. The highest BCUT2D eigenvalue weighted by Crippen LogP contribution is 2.70. The molecular weight excluding hydrogens is 236 g/mol. The van der Waals surface area contributed by atoms with E-state index in [1.54, 1.807) is 0 Å². The molecule has 0 amide bonds. The van der Waals surface area contributed by atoms with Crippen molar-refractivity contribution in [2.24, 2.45) is 11.3 Å². The van der Waals surface area contributed by atoms with Crippen molar-refractivity contribution in [1.82, 2.24) is 0 Å². The molecule has 1 heterocycles. The minimum absolute atomic E-state index is 0.220. The average Bonchev–Trinajstić information content (AvgIpc) is 2.96. The molecule has 4 rings (SSSR count). The van der Waals surface area contributed by atoms with Gasteiger partial charge in [0.25, 0.3) is 0 Å². The summed E-state index contributed by atoms with van der Waals surface area (Å²) in [5.41, 5.74) is 1.29. The molecular formula is C17H22O2. The van der Waals surface area contributed by atoms with Gasteiger partial charge in [-0.2, -0.15) is 0 Å². The van der Waals surface area contributed by atoms with Crippen LogP contribution in [0.3, 0.4) is 0 Å². The molecule has 1 saturated heterocycles. The van der Waals surface area contributed by atoms with E-state index in [1.807, 2.05) is 0 Å². The van der Waals surface area contributed by atoms with Gasteiger partial charge in [-0.1, -0.05) is 37.3 Å². The molecule has 3 aliphatic rings. The van der Waals surface area contributed by atoms with E-state index in [4.69, 9.17) is 9.47 Å². The van der Waals surface area contributed by atoms with Gasteiger partial charge in [-0.15, -0.1) is 0 Å². The smallest absolute Gasteiger partial charge is 0.164 e. The van der Waals surface area contributed by atoms with Gasteiger partial charge in [0, 0.05) is 5.41 Å². The highest BCUT2D eigenvalue weighted by atomic mass is 16.8. The molecule has 0 aromatic heterocycles. The molecule has 1 aromatic rings. The topological polar surface area (TPSA) is 18.5 Å². The number of fused-ring (bicyclic) bond motifs is 5. The molecule has 19 heavy (non-hydrogen) atoms. The van der Waals surface area contributed by atoms with Crippen LogP contribution in [0.2, 0.25) is 0 Å². The summed E-state index contributed by atoms with van der Waals surface area (Å²) in [6, 6.07) is 10.7. The molecule has 2 heteroatoms. The first-order valence-corrected chi connectivity index (χ1v) is 7.40. The molecule has 1 aromatic carbocycles. The van der Waals surface area contributed by atoms with Crippen LogP contribution in [-0.2, 0) is 15.1 Å². The van der Waals surface area contributed by atoms with E-state index in [-0.39, 0.29) is 17.1 Å². The van der Waals surface area contributed by atoms with Gasteiger partial charge in [0.2, 0.25) is 0 Å². The van der Waals surface area contributed by atoms with Gasteiger partial charge in [-0.05, 0) is 44.6 Å². The standard InChI is InChI=1S/C17H22O2/c1-15(2)18-14-12-9-10-16(3,11-12)17(14,19-15)13-7-5-4-6-8-13/h4-8,12,14H,9-11H2,1-3H3. The molecule has 4 atom stereocenters. The van der Waals surface area contributed by atoms with Crippen molar-refractivity contribution in [2.75, 3.05) is 0 Å². The van der Waals surface area contributed by atoms with Crippen molar-refractivity contribution < 1.29 is 9.47 Å². The lowest BCUT2D eigenvalue weighted by Crippen LogP contribution is -2.48. The highest BCUT2D eigenvalue weighted by molar-refractivity contribution is 5.34. The van der Waals surface area contributed by atoms with E-state index >= 15 is 0 Å². The number of hydrogen-bond acceptors (Lipinski definition) is 2. The molecule has 2 aliphatic carbocycles. The zero-order valence-electron chi connectivity index (χ0n) is 12.0. The minimum Gasteiger partial charge on any atom is -0.344 e. The Bertz CT molecular complexity index is 509. The lowest BCUT2D eigenvalue weighted by atomic mass is 9.68. The Morgan fingerprint density at radius 3 is 2.58 bits per heavy atom. The Morgan fingerprint density at radius 2 is 1.84 bits per heavy atom. The maximum absolute atomic E-state index is 6.56. The van der Waals surface area contributed by atoms with Crippen molar-refractivity contribution in [1.29, 1.82) is 0 Å². The molecule has 0 spiro atoms. The van der Waals surface area contributed by atoms with E-state index in [2.05, 4.69) is 51.1 Å². The first-order chi connectivity index (χ1) is 8.97. The quantitative estimate of drug-likeness (QED) is 0.761. The number of ether oxygens (including phenoxy) is 2. The number of benzene rings is 1. The van der Waals surface area contributed by atoms with Crippen molar-refractivity contribution in [3.05, 3.63) is 35.9 Å². The minimum atomic E-state index is -0.467. The maximum atomic E-state index is 6.56. The Balaban J connectivity index is 1.91. The number of rotatable bonds is 1. The summed E-state index contributed by atoms with van der Waals surface area (Å²) in [5.74, 6) is 0.192. The van der Waals surface area contributed by atoms with Crippen LogP contribution in [0.4, 0.5) is 0 Å². The Hall–Kier alpha value is -0.860. The largest absolute Gasteiger partial charge is 0.344 e. The number of hydrogen-bond donors (Lipinski definition) is 0. The summed E-state index contributed by atoms with van der Waals surface area (Å²) in [6.45, 7) is 6.50. The predicted octanol–water partition coefficient (Wildman–Crippen LogP) is 3.85. The monoisotopic (exact) mass is 258 g/mol. The lowest BCUT2D eigenvalue weighted by molar-refractivity contribution is -0.193. The summed E-state index contributed by atoms with van der Waals surface area (Å²) in [6.07, 6.45) is 4.00. The molecule has 4 unspecified atom stereocenters. The SMILES string of the molecule is CC1(C)OC2C3CCC(C)(C3)C2(c2ccccc2)O1. The van der Waals surface area contributed by atoms with Crippen LogP contribution in [0.1, 0.15) is 45.6 Å². The fraction of sp³-hybridized carbons (Fsp3) is 0.647. The van der Waals surface area contributed by atoms with E-state index in [1.165, 1.54) is 24.8 Å². The summed E-state index contributed by atoms with van der Waals surface area (Å²) in [5, 5.41) is 0. The summed E-state index contributed by atoms with van der Waals surface area (Å²) in [4.78, 5) is 0. The Morgan fingerprint density at radius 1 is 1.11 bits per heavy atom. The van der Waals surface area contributed by atoms with Gasteiger partial charge < -0.3 is 9.47 Å². The van der Waals surface area contributed by atoms with Crippen molar-refractivity contribution in [2.45, 2.75) is 57.5 Å². The summed E-state index contributed by atoms with van der Waals surface area (Å²) >= 11 is 0. The molecule has 1 aliphatic heterocycles. The average molecular weight is 258 g/mol. The summed E-state index contributed by atoms with van der Waals surface area (Å²) < 4.78 is 12.9. The second kappa shape index (κ2) is 3.42. The van der Waals surface area contributed by atoms with E-state index in [0.29, 0.717) is 5.92 Å². The fourth-order valence-corrected chi connectivity index (χ4v) is 4.89. The third-order valence-corrected chi connectivity index (χ3v) is 5.53. The van der Waals surface area contributed by atoms with Gasteiger partial charge >= 0.3 is 0 Å². The second-order valence-corrected chi connectivity index (χ2v) is 7.21. The molecule has 3 fully saturated rings. The molecule has 0 radical (unpaired) electrons. The second-order valence-electron chi connectivity index (χ2n) is 7.21. The summed E-state index contributed by atoms with van der Waals surface area (Å²) in [7, 11) is 0. The molecule has 2 bridgehead atoms. The first-order valence-electron chi connectivity index (χ1n) is 7.40. The van der Waals surface area contributed by atoms with Gasteiger partial charge in [-0.25, -0.2) is 0 Å². The molecule has 0 N–H and O–H groups in total. The van der Waals surface area contributed by atoms with Crippen LogP contribution in [-0.4, -0.2) is 11.9 Å². The van der Waals surface area contributed by atoms with Crippen LogP contribution in [0.15, 0.2) is 30.3 Å². The van der Waals surface area contributed by atoms with Crippen LogP contribution in [0.25, 0.3) is 0 Å². The van der Waals surface area contributed by atoms with Crippen LogP contribution in [0.5, 0.6) is 0 Å². The van der Waals surface area contributed by atoms with Gasteiger partial charge in [-0.3, -0.25) is 0 Å². The zero-order chi connectivity index (χ0) is 13.3. The van der Waals surface area contributed by atoms with Crippen molar-refractivity contribution in [3.8, 4) is 0 Å². The third kappa shape index (κ3) is 1.34. The van der Waals surface area contributed by atoms with Crippen LogP contribution >= 0.6 is 0 Å². The van der Waals surface area contributed by atoms with Crippen molar-refractivity contribution >= 4 is 0 Å². The Labute approximate surface area is 115 Å². The molecule has 2 nitrogen and oxygen atoms in total. The zero-order valence-corrected chi connectivity index (χ0v) is 12.0. The van der Waals surface area contributed by atoms with Gasteiger partial charge in [0.1, 0.15) is 5.60 Å². The van der Waals surface area contributed by atoms with E-state index in [9.17, 15) is 0 Å². The maximum Gasteiger partial charge on any atom is 0.164 e. The highest BCUT2D eigenvalue weighted by Gasteiger charge is 2.72. The van der Waals surface area contributed by atoms with Crippen LogP contribution in [0, 0.1) is 11.3 Å². The van der Waals surface area contributed by atoms with E-state index < -0.39 is 5.79 Å². The van der Waals surface area contributed by atoms with Gasteiger partial charge in [0.05, 0.1) is 6.10 Å². The fourth-order valence-electron chi connectivity index (χ4n) is 4.89. The van der Waals surface area contributed by atoms with Crippen molar-refractivity contribution in [3.63, 3.8) is 0 Å². The normalized spacial score (nSPS) is 46.5.